The number of nitrogens with two attached hydrogens (primary N) is 1. The molecular formula is C13H21ClN2O3. The van der Waals surface area contributed by atoms with Gasteiger partial charge in [-0.2, -0.15) is 0 Å². The zero-order chi connectivity index (χ0) is 13.5. The minimum atomic E-state index is -0.186. The quantitative estimate of drug-likeness (QED) is 0.828. The van der Waals surface area contributed by atoms with Crippen LogP contribution in [-0.4, -0.2) is 26.7 Å². The van der Waals surface area contributed by atoms with E-state index in [0.29, 0.717) is 18.8 Å². The van der Waals surface area contributed by atoms with Crippen LogP contribution < -0.4 is 20.5 Å². The number of nitrogens with one attached hydrogen (secondary N) is 1. The topological polar surface area (TPSA) is 73.6 Å². The van der Waals surface area contributed by atoms with Gasteiger partial charge in [0.25, 0.3) is 0 Å². The van der Waals surface area contributed by atoms with E-state index in [4.69, 9.17) is 15.2 Å². The van der Waals surface area contributed by atoms with E-state index in [1.807, 2.05) is 12.1 Å². The van der Waals surface area contributed by atoms with Gasteiger partial charge >= 0.3 is 0 Å². The monoisotopic (exact) mass is 288 g/mol. The Morgan fingerprint density at radius 3 is 2.58 bits per heavy atom. The van der Waals surface area contributed by atoms with Crippen molar-refractivity contribution >= 4 is 18.3 Å². The Balaban J connectivity index is 0.00000324. The van der Waals surface area contributed by atoms with Crippen molar-refractivity contribution in [3.8, 4) is 11.5 Å². The standard InChI is InChI=1S/C13H20N2O3.ClH/c1-9(7-14)13(16)15-8-10-4-5-11(17-2)6-12(10)18-3;/h4-6,9H,7-8,14H2,1-3H3,(H,15,16);1H. The van der Waals surface area contributed by atoms with Gasteiger partial charge in [0.2, 0.25) is 5.91 Å². The highest BCUT2D eigenvalue weighted by molar-refractivity contribution is 5.85. The van der Waals surface area contributed by atoms with Crippen molar-refractivity contribution in [2.75, 3.05) is 20.8 Å². The molecule has 6 heteroatoms. The summed E-state index contributed by atoms with van der Waals surface area (Å²) in [5.41, 5.74) is 6.33. The third-order valence-electron chi connectivity index (χ3n) is 2.75. The van der Waals surface area contributed by atoms with Gasteiger partial charge < -0.3 is 20.5 Å². The molecule has 1 atom stereocenters. The van der Waals surface area contributed by atoms with E-state index in [0.717, 1.165) is 11.3 Å². The summed E-state index contributed by atoms with van der Waals surface area (Å²) in [7, 11) is 3.18. The number of carbonyl (C=O) groups is 1. The molecule has 0 spiro atoms. The van der Waals surface area contributed by atoms with Crippen LogP contribution in [0.1, 0.15) is 12.5 Å². The smallest absolute Gasteiger partial charge is 0.224 e. The van der Waals surface area contributed by atoms with Crippen LogP contribution in [0.2, 0.25) is 0 Å². The predicted octanol–water partition coefficient (Wildman–Crippen LogP) is 1.34. The second kappa shape index (κ2) is 8.61. The lowest BCUT2D eigenvalue weighted by Crippen LogP contribution is -2.32. The molecule has 0 saturated heterocycles. The first-order chi connectivity index (χ1) is 8.62. The van der Waals surface area contributed by atoms with Gasteiger partial charge in [0.1, 0.15) is 11.5 Å². The second-order valence-electron chi connectivity index (χ2n) is 4.03. The molecule has 0 aliphatic heterocycles. The van der Waals surface area contributed by atoms with Crippen molar-refractivity contribution < 1.29 is 14.3 Å². The van der Waals surface area contributed by atoms with Gasteiger partial charge in [0.15, 0.2) is 0 Å². The Morgan fingerprint density at radius 2 is 2.05 bits per heavy atom. The van der Waals surface area contributed by atoms with E-state index in [1.54, 1.807) is 27.2 Å². The molecule has 0 aromatic heterocycles. The fourth-order valence-electron chi connectivity index (χ4n) is 1.46. The van der Waals surface area contributed by atoms with Crippen molar-refractivity contribution in [1.82, 2.24) is 5.32 Å². The van der Waals surface area contributed by atoms with Crippen LogP contribution in [0, 0.1) is 5.92 Å². The Bertz CT molecular complexity index is 413. The molecule has 1 unspecified atom stereocenters. The minimum absolute atomic E-state index is 0. The number of rotatable bonds is 6. The summed E-state index contributed by atoms with van der Waals surface area (Å²) in [5, 5.41) is 2.82. The van der Waals surface area contributed by atoms with Gasteiger partial charge in [0, 0.05) is 30.6 Å². The van der Waals surface area contributed by atoms with Gasteiger partial charge in [-0.15, -0.1) is 12.4 Å². The molecule has 1 aromatic rings. The average Bonchev–Trinajstić information content (AvgIpc) is 2.43. The highest BCUT2D eigenvalue weighted by Crippen LogP contribution is 2.24. The summed E-state index contributed by atoms with van der Waals surface area (Å²) < 4.78 is 10.4. The third-order valence-corrected chi connectivity index (χ3v) is 2.75. The van der Waals surface area contributed by atoms with Crippen molar-refractivity contribution in [2.24, 2.45) is 11.7 Å². The third kappa shape index (κ3) is 4.96. The lowest BCUT2D eigenvalue weighted by Gasteiger charge is -2.13. The van der Waals surface area contributed by atoms with Crippen LogP contribution in [0.15, 0.2) is 18.2 Å². The molecule has 3 N–H and O–H groups in total. The van der Waals surface area contributed by atoms with E-state index in [1.165, 1.54) is 0 Å². The summed E-state index contributed by atoms with van der Waals surface area (Å²) >= 11 is 0. The molecule has 0 aliphatic carbocycles. The molecule has 1 rings (SSSR count). The number of carbonyl (C=O) groups excluding carboxylic acids is 1. The Labute approximate surface area is 119 Å². The molecule has 1 aromatic carbocycles. The number of methoxy groups -OCH3 is 2. The maximum absolute atomic E-state index is 11.6. The highest BCUT2D eigenvalue weighted by Gasteiger charge is 2.11. The Morgan fingerprint density at radius 1 is 1.37 bits per heavy atom. The van der Waals surface area contributed by atoms with Crippen molar-refractivity contribution in [1.29, 1.82) is 0 Å². The summed E-state index contributed by atoms with van der Waals surface area (Å²) in [6.07, 6.45) is 0. The molecule has 0 saturated carbocycles. The zero-order valence-corrected chi connectivity index (χ0v) is 12.3. The number of hydrogen-bond donors (Lipinski definition) is 2. The normalized spacial score (nSPS) is 11.2. The van der Waals surface area contributed by atoms with Crippen molar-refractivity contribution in [3.63, 3.8) is 0 Å². The van der Waals surface area contributed by atoms with Crippen molar-refractivity contribution in [2.45, 2.75) is 13.5 Å². The van der Waals surface area contributed by atoms with E-state index in [-0.39, 0.29) is 24.2 Å². The molecule has 108 valence electrons. The van der Waals surface area contributed by atoms with Crippen LogP contribution in [0.25, 0.3) is 0 Å². The molecule has 0 heterocycles. The van der Waals surface area contributed by atoms with Crippen LogP contribution in [0.3, 0.4) is 0 Å². The van der Waals surface area contributed by atoms with Crippen LogP contribution in [-0.2, 0) is 11.3 Å². The molecule has 0 fully saturated rings. The number of hydrogen-bond acceptors (Lipinski definition) is 4. The first kappa shape index (κ1) is 17.5. The van der Waals surface area contributed by atoms with Crippen molar-refractivity contribution in [3.05, 3.63) is 23.8 Å². The Kier molecular flexibility index (Phi) is 7.95. The molecule has 0 bridgehead atoms. The summed E-state index contributed by atoms with van der Waals surface area (Å²) in [6, 6.07) is 5.48. The predicted molar refractivity (Wildman–Crippen MR) is 76.9 cm³/mol. The number of ether oxygens (including phenoxy) is 2. The fraction of sp³-hybridized carbons (Fsp3) is 0.462. The molecule has 5 nitrogen and oxygen atoms in total. The van der Waals surface area contributed by atoms with E-state index in [2.05, 4.69) is 5.32 Å². The molecule has 19 heavy (non-hydrogen) atoms. The minimum Gasteiger partial charge on any atom is -0.497 e. The van der Waals surface area contributed by atoms with Gasteiger partial charge in [-0.1, -0.05) is 6.92 Å². The van der Waals surface area contributed by atoms with Crippen LogP contribution >= 0.6 is 12.4 Å². The molecular weight excluding hydrogens is 268 g/mol. The lowest BCUT2D eigenvalue weighted by atomic mass is 10.1. The largest absolute Gasteiger partial charge is 0.497 e. The van der Waals surface area contributed by atoms with Gasteiger partial charge in [-0.25, -0.2) is 0 Å². The average molecular weight is 289 g/mol. The van der Waals surface area contributed by atoms with Gasteiger partial charge in [-0.3, -0.25) is 4.79 Å². The summed E-state index contributed by atoms with van der Waals surface area (Å²) in [6.45, 7) is 2.54. The SMILES string of the molecule is COc1ccc(CNC(=O)C(C)CN)c(OC)c1.Cl. The molecule has 0 aliphatic rings. The van der Waals surface area contributed by atoms with Crippen LogP contribution in [0.5, 0.6) is 11.5 Å². The fourth-order valence-corrected chi connectivity index (χ4v) is 1.46. The first-order valence-corrected chi connectivity index (χ1v) is 5.81. The maximum atomic E-state index is 11.6. The lowest BCUT2D eigenvalue weighted by molar-refractivity contribution is -0.124. The van der Waals surface area contributed by atoms with Gasteiger partial charge in [-0.05, 0) is 12.1 Å². The summed E-state index contributed by atoms with van der Waals surface area (Å²) in [4.78, 5) is 11.6. The first-order valence-electron chi connectivity index (χ1n) is 5.81. The van der Waals surface area contributed by atoms with E-state index >= 15 is 0 Å². The number of amides is 1. The maximum Gasteiger partial charge on any atom is 0.224 e. The molecule has 0 radical (unpaired) electrons. The van der Waals surface area contributed by atoms with Crippen LogP contribution in [0.4, 0.5) is 0 Å². The van der Waals surface area contributed by atoms with Gasteiger partial charge in [0.05, 0.1) is 14.2 Å². The number of benzene rings is 1. The second-order valence-corrected chi connectivity index (χ2v) is 4.03. The molecule has 1 amide bonds. The highest BCUT2D eigenvalue weighted by atomic mass is 35.5. The van der Waals surface area contributed by atoms with E-state index < -0.39 is 0 Å². The number of halogens is 1. The van der Waals surface area contributed by atoms with E-state index in [9.17, 15) is 4.79 Å². The zero-order valence-electron chi connectivity index (χ0n) is 11.4. The summed E-state index contributed by atoms with van der Waals surface area (Å²) in [5.74, 6) is 1.16. The Hall–Kier alpha value is -1.46.